The lowest BCUT2D eigenvalue weighted by Gasteiger charge is -2.26. The third-order valence-electron chi connectivity index (χ3n) is 6.67. The summed E-state index contributed by atoms with van der Waals surface area (Å²) in [6, 6.07) is 21.9. The van der Waals surface area contributed by atoms with Crippen LogP contribution in [0.3, 0.4) is 0 Å². The Balaban J connectivity index is 1.55. The number of furan rings is 1. The second kappa shape index (κ2) is 11.1. The van der Waals surface area contributed by atoms with Gasteiger partial charge in [0.1, 0.15) is 17.6 Å². The predicted octanol–water partition coefficient (Wildman–Crippen LogP) is 5.96. The third-order valence-corrected chi connectivity index (χ3v) is 6.98. The number of carbonyl (C=O) groups is 2. The number of pyridine rings is 1. The summed E-state index contributed by atoms with van der Waals surface area (Å²) in [6.07, 6.45) is 2.15. The maximum Gasteiger partial charge on any atom is 0.337 e. The summed E-state index contributed by atoms with van der Waals surface area (Å²) in [4.78, 5) is 30.6. The number of amides is 1. The molecule has 4 aromatic rings. The first-order chi connectivity index (χ1) is 18.9. The van der Waals surface area contributed by atoms with Gasteiger partial charge in [-0.2, -0.15) is 0 Å². The van der Waals surface area contributed by atoms with Crippen molar-refractivity contribution in [2.45, 2.75) is 32.4 Å². The minimum atomic E-state index is -0.413. The number of rotatable bonds is 7. The van der Waals surface area contributed by atoms with E-state index in [-0.39, 0.29) is 18.0 Å². The number of anilines is 2. The molecule has 0 aliphatic carbocycles. The van der Waals surface area contributed by atoms with E-state index in [9.17, 15) is 9.59 Å². The van der Waals surface area contributed by atoms with Gasteiger partial charge in [0.05, 0.1) is 24.4 Å². The molecular weight excluding hydrogens is 512 g/mol. The molecule has 5 rings (SSSR count). The van der Waals surface area contributed by atoms with Crippen molar-refractivity contribution < 1.29 is 18.7 Å². The number of nitrogens with one attached hydrogen (secondary N) is 2. The van der Waals surface area contributed by atoms with E-state index in [2.05, 4.69) is 15.6 Å². The van der Waals surface area contributed by atoms with Gasteiger partial charge in [0.2, 0.25) is 5.91 Å². The SMILES string of the molecule is CCC(=O)Nc1ccc(N2C(=S)N[C@H](c3ccccn3)[C@@H]2c2ccc(-c3cccc(C(=O)OC)c3)o2)cc1C. The molecular formula is C30H28N4O4S. The number of aryl methyl sites for hydroxylation is 1. The first-order valence-corrected chi connectivity index (χ1v) is 13.0. The molecule has 39 heavy (non-hydrogen) atoms. The number of methoxy groups -OCH3 is 1. The normalized spacial score (nSPS) is 16.6. The Morgan fingerprint density at radius 1 is 1.10 bits per heavy atom. The number of thiocarbonyl (C=S) groups is 1. The molecule has 8 nitrogen and oxygen atoms in total. The molecule has 198 valence electrons. The van der Waals surface area contributed by atoms with E-state index >= 15 is 0 Å². The van der Waals surface area contributed by atoms with Gasteiger partial charge in [-0.3, -0.25) is 9.78 Å². The van der Waals surface area contributed by atoms with Gasteiger partial charge in [-0.05, 0) is 79.3 Å². The van der Waals surface area contributed by atoms with Crippen LogP contribution in [0.15, 0.2) is 83.4 Å². The van der Waals surface area contributed by atoms with Gasteiger partial charge < -0.3 is 24.7 Å². The highest BCUT2D eigenvalue weighted by atomic mass is 32.1. The van der Waals surface area contributed by atoms with Gasteiger partial charge in [0.15, 0.2) is 5.11 Å². The lowest BCUT2D eigenvalue weighted by atomic mass is 10.0. The Morgan fingerprint density at radius 2 is 1.95 bits per heavy atom. The van der Waals surface area contributed by atoms with Crippen molar-refractivity contribution in [1.82, 2.24) is 10.3 Å². The molecule has 1 aliphatic rings. The second-order valence-electron chi connectivity index (χ2n) is 9.17. The minimum Gasteiger partial charge on any atom is -0.465 e. The molecule has 1 aliphatic heterocycles. The molecule has 2 N–H and O–H groups in total. The molecule has 2 aromatic heterocycles. The number of ether oxygens (including phenoxy) is 1. The molecule has 2 atom stereocenters. The molecule has 0 saturated carbocycles. The van der Waals surface area contributed by atoms with Crippen molar-refractivity contribution in [3.8, 4) is 11.3 Å². The van der Waals surface area contributed by atoms with Crippen molar-refractivity contribution in [3.05, 3.63) is 102 Å². The standard InChI is InChI=1S/C30H28N4O4S/c1-4-26(35)32-22-12-11-21(16-18(22)2)34-28(27(33-30(34)39)23-10-5-6-15-31-23)25-14-13-24(38-25)19-8-7-9-20(17-19)29(36)37-3/h5-17,27-28H,4H2,1-3H3,(H,32,35)(H,33,39)/t27-,28+/m1/s1. The van der Waals surface area contributed by atoms with Gasteiger partial charge >= 0.3 is 5.97 Å². The lowest BCUT2D eigenvalue weighted by Crippen LogP contribution is -2.29. The van der Waals surface area contributed by atoms with E-state index in [1.165, 1.54) is 7.11 Å². The predicted molar refractivity (Wildman–Crippen MR) is 154 cm³/mol. The molecule has 2 aromatic carbocycles. The highest BCUT2D eigenvalue weighted by Crippen LogP contribution is 2.43. The summed E-state index contributed by atoms with van der Waals surface area (Å²) in [6.45, 7) is 3.77. The van der Waals surface area contributed by atoms with Crippen LogP contribution in [0.25, 0.3) is 11.3 Å². The maximum absolute atomic E-state index is 12.1. The van der Waals surface area contributed by atoms with Crippen molar-refractivity contribution in [1.29, 1.82) is 0 Å². The molecule has 0 spiro atoms. The Hall–Kier alpha value is -4.50. The summed E-state index contributed by atoms with van der Waals surface area (Å²) < 4.78 is 11.3. The first kappa shape index (κ1) is 26.1. The fourth-order valence-electron chi connectivity index (χ4n) is 4.68. The van der Waals surface area contributed by atoms with Crippen LogP contribution in [0.1, 0.15) is 52.8 Å². The Bertz CT molecular complexity index is 1530. The van der Waals surface area contributed by atoms with Crippen molar-refractivity contribution >= 4 is 40.6 Å². The number of carbonyl (C=O) groups excluding carboxylic acids is 2. The first-order valence-electron chi connectivity index (χ1n) is 12.6. The zero-order chi connectivity index (χ0) is 27.5. The number of hydrogen-bond acceptors (Lipinski definition) is 6. The molecule has 1 amide bonds. The lowest BCUT2D eigenvalue weighted by molar-refractivity contribution is -0.115. The Kier molecular flexibility index (Phi) is 7.42. The number of esters is 1. The monoisotopic (exact) mass is 540 g/mol. The number of benzene rings is 2. The zero-order valence-electron chi connectivity index (χ0n) is 21.8. The van der Waals surface area contributed by atoms with E-state index < -0.39 is 5.97 Å². The Labute approximate surface area is 232 Å². The average Bonchev–Trinajstić information content (AvgIpc) is 3.59. The molecule has 0 radical (unpaired) electrons. The van der Waals surface area contributed by atoms with Crippen molar-refractivity contribution in [3.63, 3.8) is 0 Å². The van der Waals surface area contributed by atoms with E-state index in [0.717, 1.165) is 28.2 Å². The van der Waals surface area contributed by atoms with Crippen LogP contribution in [0, 0.1) is 6.92 Å². The molecule has 0 bridgehead atoms. The van der Waals surface area contributed by atoms with Crippen LogP contribution in [0.4, 0.5) is 11.4 Å². The fourth-order valence-corrected chi connectivity index (χ4v) is 5.03. The number of hydrogen-bond donors (Lipinski definition) is 2. The van der Waals surface area contributed by atoms with Gasteiger partial charge in [0, 0.05) is 29.6 Å². The van der Waals surface area contributed by atoms with Crippen molar-refractivity contribution in [2.24, 2.45) is 0 Å². The smallest absolute Gasteiger partial charge is 0.337 e. The third kappa shape index (κ3) is 5.26. The summed E-state index contributed by atoms with van der Waals surface area (Å²) in [7, 11) is 1.36. The highest BCUT2D eigenvalue weighted by Gasteiger charge is 2.42. The average molecular weight is 541 g/mol. The summed E-state index contributed by atoms with van der Waals surface area (Å²) in [5.41, 5.74) is 4.54. The largest absolute Gasteiger partial charge is 0.465 e. The zero-order valence-corrected chi connectivity index (χ0v) is 22.6. The van der Waals surface area contributed by atoms with Crippen LogP contribution in [0.5, 0.6) is 0 Å². The quantitative estimate of drug-likeness (QED) is 0.219. The molecule has 1 fully saturated rings. The Morgan fingerprint density at radius 3 is 2.67 bits per heavy atom. The molecule has 0 unspecified atom stereocenters. The van der Waals surface area contributed by atoms with Gasteiger partial charge in [0.25, 0.3) is 0 Å². The molecule has 1 saturated heterocycles. The van der Waals surface area contributed by atoms with E-state index in [1.807, 2.05) is 73.3 Å². The second-order valence-corrected chi connectivity index (χ2v) is 9.56. The summed E-state index contributed by atoms with van der Waals surface area (Å²) >= 11 is 5.83. The van der Waals surface area contributed by atoms with Crippen LogP contribution in [-0.4, -0.2) is 29.1 Å². The van der Waals surface area contributed by atoms with Crippen LogP contribution >= 0.6 is 12.2 Å². The highest BCUT2D eigenvalue weighted by molar-refractivity contribution is 7.80. The fraction of sp³-hybridized carbons (Fsp3) is 0.200. The van der Waals surface area contributed by atoms with Crippen LogP contribution in [0.2, 0.25) is 0 Å². The van der Waals surface area contributed by atoms with E-state index in [0.29, 0.717) is 28.6 Å². The van der Waals surface area contributed by atoms with E-state index in [1.54, 1.807) is 24.4 Å². The van der Waals surface area contributed by atoms with Gasteiger partial charge in [-0.15, -0.1) is 0 Å². The van der Waals surface area contributed by atoms with Crippen molar-refractivity contribution in [2.75, 3.05) is 17.3 Å². The topological polar surface area (TPSA) is 96.7 Å². The molecule has 9 heteroatoms. The van der Waals surface area contributed by atoms with Gasteiger partial charge in [-0.25, -0.2) is 4.79 Å². The summed E-state index contributed by atoms with van der Waals surface area (Å²) in [5.74, 6) is 0.834. The van der Waals surface area contributed by atoms with Crippen LogP contribution in [-0.2, 0) is 9.53 Å². The van der Waals surface area contributed by atoms with Gasteiger partial charge in [-0.1, -0.05) is 25.1 Å². The maximum atomic E-state index is 12.1. The van der Waals surface area contributed by atoms with Crippen LogP contribution < -0.4 is 15.5 Å². The number of nitrogens with zero attached hydrogens (tertiary/aromatic N) is 2. The van der Waals surface area contributed by atoms with E-state index in [4.69, 9.17) is 21.4 Å². The minimum absolute atomic E-state index is 0.0447. The summed E-state index contributed by atoms with van der Waals surface area (Å²) in [5, 5.41) is 6.90. The molecule has 3 heterocycles. The number of aromatic nitrogens is 1.